The van der Waals surface area contributed by atoms with Crippen LogP contribution in [-0.2, 0) is 14.8 Å². The van der Waals surface area contributed by atoms with Crippen molar-refractivity contribution < 1.29 is 13.2 Å². The van der Waals surface area contributed by atoms with Crippen molar-refractivity contribution in [2.45, 2.75) is 44.2 Å². The van der Waals surface area contributed by atoms with E-state index in [1.807, 2.05) is 0 Å². The summed E-state index contributed by atoms with van der Waals surface area (Å²) in [5.74, 6) is 0.234. The van der Waals surface area contributed by atoms with Crippen LogP contribution in [0.3, 0.4) is 0 Å². The van der Waals surface area contributed by atoms with Gasteiger partial charge in [-0.25, -0.2) is 13.1 Å². The van der Waals surface area contributed by atoms with Crippen molar-refractivity contribution in [1.29, 1.82) is 0 Å². The van der Waals surface area contributed by atoms with Gasteiger partial charge in [-0.3, -0.25) is 4.79 Å². The Kier molecular flexibility index (Phi) is 3.90. The molecule has 1 saturated carbocycles. The Morgan fingerprint density at radius 2 is 2.00 bits per heavy atom. The van der Waals surface area contributed by atoms with E-state index in [0.717, 1.165) is 31.9 Å². The smallest absolute Gasteiger partial charge is 0.242 e. The topological polar surface area (TPSA) is 92.5 Å². The second-order valence-corrected chi connectivity index (χ2v) is 7.82. The molecule has 2 atom stereocenters. The van der Waals surface area contributed by atoms with Gasteiger partial charge in [0.25, 0.3) is 0 Å². The largest absolute Gasteiger partial charge is 0.340 e. The fraction of sp³-hybridized carbons (Fsp3) is 0.917. The molecule has 1 aliphatic carbocycles. The summed E-state index contributed by atoms with van der Waals surface area (Å²) >= 11 is 0. The van der Waals surface area contributed by atoms with Gasteiger partial charge in [-0.2, -0.15) is 0 Å². The zero-order chi connectivity index (χ0) is 14.3. The van der Waals surface area contributed by atoms with Crippen molar-refractivity contribution >= 4 is 15.9 Å². The van der Waals surface area contributed by atoms with Crippen molar-refractivity contribution in [3.05, 3.63) is 0 Å². The molecule has 0 aromatic rings. The van der Waals surface area contributed by atoms with Crippen molar-refractivity contribution in [2.24, 2.45) is 11.7 Å². The number of rotatable bonds is 4. The SMILES string of the molecule is CC(N)(C(=O)N1CCCC(NS(C)(=O)=O)C1)C1CC1. The first-order valence-electron chi connectivity index (χ1n) is 6.75. The number of likely N-dealkylation sites (tertiary alicyclic amines) is 1. The van der Waals surface area contributed by atoms with E-state index in [0.29, 0.717) is 13.1 Å². The normalized spacial score (nSPS) is 27.9. The second kappa shape index (κ2) is 5.03. The molecule has 0 bridgehead atoms. The van der Waals surface area contributed by atoms with Crippen LogP contribution in [0.4, 0.5) is 0 Å². The summed E-state index contributed by atoms with van der Waals surface area (Å²) in [5, 5.41) is 0. The number of nitrogens with zero attached hydrogens (tertiary/aromatic N) is 1. The summed E-state index contributed by atoms with van der Waals surface area (Å²) in [4.78, 5) is 14.1. The van der Waals surface area contributed by atoms with Gasteiger partial charge in [-0.05, 0) is 38.5 Å². The Morgan fingerprint density at radius 1 is 1.37 bits per heavy atom. The summed E-state index contributed by atoms with van der Waals surface area (Å²) < 4.78 is 25.1. The molecule has 2 rings (SSSR count). The highest BCUT2D eigenvalue weighted by molar-refractivity contribution is 7.88. The van der Waals surface area contributed by atoms with E-state index in [2.05, 4.69) is 4.72 Å². The Bertz CT molecular complexity index is 457. The van der Waals surface area contributed by atoms with Crippen LogP contribution in [-0.4, -0.2) is 50.2 Å². The lowest BCUT2D eigenvalue weighted by Crippen LogP contribution is -2.59. The molecule has 2 unspecified atom stereocenters. The van der Waals surface area contributed by atoms with Gasteiger partial charge in [0.1, 0.15) is 0 Å². The Balaban J connectivity index is 1.99. The number of sulfonamides is 1. The van der Waals surface area contributed by atoms with Crippen LogP contribution in [0.25, 0.3) is 0 Å². The van der Waals surface area contributed by atoms with E-state index < -0.39 is 15.6 Å². The van der Waals surface area contributed by atoms with Gasteiger partial charge in [-0.15, -0.1) is 0 Å². The number of carbonyl (C=O) groups is 1. The number of nitrogens with one attached hydrogen (secondary N) is 1. The quantitative estimate of drug-likeness (QED) is 0.740. The third-order valence-corrected chi connectivity index (χ3v) is 4.74. The van der Waals surface area contributed by atoms with Crippen LogP contribution in [0, 0.1) is 5.92 Å². The molecule has 1 aliphatic heterocycles. The molecule has 7 heteroatoms. The van der Waals surface area contributed by atoms with Crippen molar-refractivity contribution in [3.63, 3.8) is 0 Å². The van der Waals surface area contributed by atoms with Gasteiger partial charge in [0.15, 0.2) is 0 Å². The average Bonchev–Trinajstić information content (AvgIpc) is 3.09. The van der Waals surface area contributed by atoms with E-state index in [-0.39, 0.29) is 17.9 Å². The Morgan fingerprint density at radius 3 is 2.53 bits per heavy atom. The van der Waals surface area contributed by atoms with E-state index >= 15 is 0 Å². The number of piperidine rings is 1. The van der Waals surface area contributed by atoms with Crippen molar-refractivity contribution in [1.82, 2.24) is 9.62 Å². The third-order valence-electron chi connectivity index (χ3n) is 3.98. The monoisotopic (exact) mass is 289 g/mol. The molecule has 1 heterocycles. The van der Waals surface area contributed by atoms with E-state index in [1.54, 1.807) is 11.8 Å². The van der Waals surface area contributed by atoms with E-state index in [4.69, 9.17) is 5.73 Å². The number of hydrogen-bond donors (Lipinski definition) is 2. The maximum Gasteiger partial charge on any atom is 0.242 e. The molecule has 3 N–H and O–H groups in total. The summed E-state index contributed by atoms with van der Waals surface area (Å²) in [6.07, 6.45) is 4.74. The Labute approximate surface area is 114 Å². The molecule has 2 fully saturated rings. The molecule has 0 radical (unpaired) electrons. The molecule has 0 spiro atoms. The van der Waals surface area contributed by atoms with Crippen molar-refractivity contribution in [2.75, 3.05) is 19.3 Å². The first-order chi connectivity index (χ1) is 8.70. The number of nitrogens with two attached hydrogens (primary N) is 1. The first-order valence-corrected chi connectivity index (χ1v) is 8.65. The van der Waals surface area contributed by atoms with Gasteiger partial charge >= 0.3 is 0 Å². The van der Waals surface area contributed by atoms with E-state index in [9.17, 15) is 13.2 Å². The zero-order valence-electron chi connectivity index (χ0n) is 11.6. The summed E-state index contributed by atoms with van der Waals surface area (Å²) in [6.45, 7) is 2.88. The van der Waals surface area contributed by atoms with Gasteiger partial charge in [-0.1, -0.05) is 0 Å². The predicted molar refractivity (Wildman–Crippen MR) is 72.9 cm³/mol. The molecule has 6 nitrogen and oxygen atoms in total. The van der Waals surface area contributed by atoms with Gasteiger partial charge in [0.2, 0.25) is 15.9 Å². The van der Waals surface area contributed by atoms with Gasteiger partial charge < -0.3 is 10.6 Å². The highest BCUT2D eigenvalue weighted by atomic mass is 32.2. The van der Waals surface area contributed by atoms with Crippen LogP contribution in [0.1, 0.15) is 32.6 Å². The zero-order valence-corrected chi connectivity index (χ0v) is 12.4. The molecular formula is C12H23N3O3S. The molecular weight excluding hydrogens is 266 g/mol. The average molecular weight is 289 g/mol. The highest BCUT2D eigenvalue weighted by Crippen LogP contribution is 2.39. The molecule has 19 heavy (non-hydrogen) atoms. The maximum absolute atomic E-state index is 12.4. The highest BCUT2D eigenvalue weighted by Gasteiger charge is 2.46. The standard InChI is InChI=1S/C12H23N3O3S/c1-12(13,9-5-6-9)11(16)15-7-3-4-10(8-15)14-19(2,17)18/h9-10,14H,3-8,13H2,1-2H3. The minimum Gasteiger partial charge on any atom is -0.340 e. The molecule has 110 valence electrons. The van der Waals surface area contributed by atoms with Gasteiger partial charge in [0, 0.05) is 19.1 Å². The molecule has 2 aliphatic rings. The Hall–Kier alpha value is -0.660. The number of amides is 1. The fourth-order valence-electron chi connectivity index (χ4n) is 2.76. The van der Waals surface area contributed by atoms with Gasteiger partial charge in [0.05, 0.1) is 11.8 Å². The lowest BCUT2D eigenvalue weighted by Gasteiger charge is -2.37. The van der Waals surface area contributed by atoms with Crippen LogP contribution in [0.5, 0.6) is 0 Å². The predicted octanol–water partition coefficient (Wildman–Crippen LogP) is -0.346. The van der Waals surface area contributed by atoms with E-state index in [1.165, 1.54) is 0 Å². The second-order valence-electron chi connectivity index (χ2n) is 6.04. The molecule has 0 aromatic heterocycles. The summed E-state index contributed by atoms with van der Waals surface area (Å²) in [7, 11) is -3.23. The summed E-state index contributed by atoms with van der Waals surface area (Å²) in [6, 6.07) is -0.192. The minimum absolute atomic E-state index is 0.0463. The van der Waals surface area contributed by atoms with Crippen LogP contribution in [0.15, 0.2) is 0 Å². The first kappa shape index (κ1) is 14.7. The van der Waals surface area contributed by atoms with Crippen LogP contribution >= 0.6 is 0 Å². The molecule has 0 aromatic carbocycles. The lowest BCUT2D eigenvalue weighted by molar-refractivity contribution is -0.138. The number of carbonyl (C=O) groups excluding carboxylic acids is 1. The maximum atomic E-state index is 12.4. The minimum atomic E-state index is -3.23. The number of hydrogen-bond acceptors (Lipinski definition) is 4. The fourth-order valence-corrected chi connectivity index (χ4v) is 3.56. The lowest BCUT2D eigenvalue weighted by atomic mass is 9.93. The summed E-state index contributed by atoms with van der Waals surface area (Å²) in [5.41, 5.74) is 5.34. The van der Waals surface area contributed by atoms with Crippen LogP contribution < -0.4 is 10.5 Å². The van der Waals surface area contributed by atoms with Crippen LogP contribution in [0.2, 0.25) is 0 Å². The molecule has 1 amide bonds. The third kappa shape index (κ3) is 3.67. The van der Waals surface area contributed by atoms with Crippen molar-refractivity contribution in [3.8, 4) is 0 Å². The molecule has 1 saturated heterocycles.